The quantitative estimate of drug-likeness (QED) is 0.918. The van der Waals surface area contributed by atoms with Gasteiger partial charge in [-0.05, 0) is 75.2 Å². The van der Waals surface area contributed by atoms with E-state index in [9.17, 15) is 4.79 Å². The van der Waals surface area contributed by atoms with Crippen molar-refractivity contribution < 1.29 is 4.79 Å². The highest BCUT2D eigenvalue weighted by Gasteiger charge is 2.20. The van der Waals surface area contributed by atoms with Crippen LogP contribution in [-0.4, -0.2) is 42.0 Å². The predicted molar refractivity (Wildman–Crippen MR) is 97.0 cm³/mol. The number of aryl methyl sites for hydroxylation is 1. The zero-order chi connectivity index (χ0) is 16.9. The fourth-order valence-electron chi connectivity index (χ4n) is 3.36. The first-order chi connectivity index (χ1) is 11.6. The number of likely N-dealkylation sites (tertiary alicyclic amines) is 1. The number of pyridine rings is 1. The lowest BCUT2D eigenvalue weighted by molar-refractivity contribution is 0.0950. The maximum absolute atomic E-state index is 12.4. The van der Waals surface area contributed by atoms with Crippen LogP contribution in [0, 0.1) is 6.92 Å². The van der Waals surface area contributed by atoms with Gasteiger partial charge in [0.1, 0.15) is 0 Å². The number of aromatic nitrogens is 1. The number of carbonyl (C=O) groups excluding carboxylic acids is 1. The minimum absolute atomic E-state index is 0.00304. The molecule has 1 saturated heterocycles. The lowest BCUT2D eigenvalue weighted by Crippen LogP contribution is -2.31. The van der Waals surface area contributed by atoms with Crippen LogP contribution in [-0.2, 0) is 0 Å². The van der Waals surface area contributed by atoms with Crippen molar-refractivity contribution in [1.82, 2.24) is 15.2 Å². The molecule has 24 heavy (non-hydrogen) atoms. The van der Waals surface area contributed by atoms with Crippen molar-refractivity contribution in [2.45, 2.75) is 32.2 Å². The van der Waals surface area contributed by atoms with Gasteiger partial charge < -0.3 is 10.2 Å². The van der Waals surface area contributed by atoms with Crippen LogP contribution in [0.5, 0.6) is 0 Å². The second kappa shape index (κ2) is 7.58. The lowest BCUT2D eigenvalue weighted by Gasteiger charge is -2.19. The van der Waals surface area contributed by atoms with Gasteiger partial charge >= 0.3 is 0 Å². The van der Waals surface area contributed by atoms with Crippen molar-refractivity contribution in [3.8, 4) is 11.1 Å². The molecule has 0 radical (unpaired) electrons. The minimum Gasteiger partial charge on any atom is -0.352 e. The molecule has 1 atom stereocenters. The van der Waals surface area contributed by atoms with Crippen LogP contribution in [0.4, 0.5) is 0 Å². The third-order valence-corrected chi connectivity index (χ3v) is 4.79. The number of amides is 1. The molecule has 1 aliphatic rings. The van der Waals surface area contributed by atoms with E-state index in [1.807, 2.05) is 43.3 Å². The van der Waals surface area contributed by atoms with Crippen LogP contribution in [0.2, 0.25) is 0 Å². The Balaban J connectivity index is 1.62. The maximum Gasteiger partial charge on any atom is 0.251 e. The molecule has 2 aromatic rings. The fraction of sp³-hybridized carbons (Fsp3) is 0.400. The first-order valence-corrected chi connectivity index (χ1v) is 8.65. The van der Waals surface area contributed by atoms with E-state index in [2.05, 4.69) is 22.2 Å². The molecular weight excluding hydrogens is 298 g/mol. The van der Waals surface area contributed by atoms with E-state index in [1.54, 1.807) is 6.20 Å². The van der Waals surface area contributed by atoms with E-state index in [1.165, 1.54) is 19.4 Å². The number of hydrogen-bond acceptors (Lipinski definition) is 3. The number of benzene rings is 1. The van der Waals surface area contributed by atoms with Crippen molar-refractivity contribution in [1.29, 1.82) is 0 Å². The highest BCUT2D eigenvalue weighted by molar-refractivity contribution is 5.95. The van der Waals surface area contributed by atoms with E-state index >= 15 is 0 Å². The van der Waals surface area contributed by atoms with Crippen LogP contribution in [0.15, 0.2) is 42.6 Å². The molecule has 4 heteroatoms. The van der Waals surface area contributed by atoms with Gasteiger partial charge in [0, 0.05) is 30.0 Å². The summed E-state index contributed by atoms with van der Waals surface area (Å²) in [6, 6.07) is 12.4. The summed E-state index contributed by atoms with van der Waals surface area (Å²) >= 11 is 0. The smallest absolute Gasteiger partial charge is 0.251 e. The van der Waals surface area contributed by atoms with Crippen LogP contribution in [0.1, 0.15) is 35.3 Å². The molecule has 1 fully saturated rings. The molecule has 0 aliphatic carbocycles. The average Bonchev–Trinajstić information content (AvgIpc) is 3.00. The Bertz CT molecular complexity index is 714. The fourth-order valence-corrected chi connectivity index (χ4v) is 3.36. The summed E-state index contributed by atoms with van der Waals surface area (Å²) in [4.78, 5) is 19.0. The third-order valence-electron chi connectivity index (χ3n) is 4.79. The number of rotatable bonds is 5. The second-order valence-corrected chi connectivity index (χ2v) is 6.59. The minimum atomic E-state index is 0.00304. The van der Waals surface area contributed by atoms with Crippen LogP contribution >= 0.6 is 0 Å². The van der Waals surface area contributed by atoms with Gasteiger partial charge in [0.25, 0.3) is 5.91 Å². The average molecular weight is 323 g/mol. The lowest BCUT2D eigenvalue weighted by atomic mass is 10.0. The van der Waals surface area contributed by atoms with E-state index in [0.29, 0.717) is 11.6 Å². The van der Waals surface area contributed by atoms with Gasteiger partial charge in [-0.1, -0.05) is 12.1 Å². The van der Waals surface area contributed by atoms with Gasteiger partial charge in [-0.25, -0.2) is 0 Å². The Hall–Kier alpha value is -2.20. The van der Waals surface area contributed by atoms with E-state index in [0.717, 1.165) is 29.8 Å². The monoisotopic (exact) mass is 323 g/mol. The summed E-state index contributed by atoms with van der Waals surface area (Å²) < 4.78 is 0. The zero-order valence-corrected chi connectivity index (χ0v) is 14.5. The van der Waals surface area contributed by atoms with E-state index < -0.39 is 0 Å². The van der Waals surface area contributed by atoms with Crippen molar-refractivity contribution in [2.24, 2.45) is 0 Å². The summed E-state index contributed by atoms with van der Waals surface area (Å²) in [7, 11) is 2.17. The van der Waals surface area contributed by atoms with Crippen molar-refractivity contribution in [3.05, 3.63) is 53.9 Å². The van der Waals surface area contributed by atoms with Gasteiger partial charge in [0.15, 0.2) is 0 Å². The summed E-state index contributed by atoms with van der Waals surface area (Å²) in [5, 5.41) is 3.06. The molecule has 1 aromatic carbocycles. The van der Waals surface area contributed by atoms with E-state index in [-0.39, 0.29) is 5.91 Å². The van der Waals surface area contributed by atoms with Crippen molar-refractivity contribution >= 4 is 5.91 Å². The predicted octanol–water partition coefficient (Wildman–Crippen LogP) is 3.27. The molecule has 0 unspecified atom stereocenters. The number of hydrogen-bond donors (Lipinski definition) is 1. The van der Waals surface area contributed by atoms with Crippen molar-refractivity contribution in [2.75, 3.05) is 20.1 Å². The maximum atomic E-state index is 12.4. The molecule has 126 valence electrons. The normalized spacial score (nSPS) is 17.8. The third kappa shape index (κ3) is 4.01. The molecule has 0 saturated carbocycles. The summed E-state index contributed by atoms with van der Waals surface area (Å²) in [5.41, 5.74) is 3.82. The Morgan fingerprint density at radius 2 is 2.12 bits per heavy atom. The molecule has 2 heterocycles. The standard InChI is InChI=1S/C20H25N3O/c1-15-13-17(8-10-21-15)16-5-3-6-18(14-16)20(24)22-11-9-19-7-4-12-23(19)2/h3,5-6,8,10,13-14,19H,4,7,9,11-12H2,1-2H3,(H,22,24)/t19-/m1/s1. The van der Waals surface area contributed by atoms with Gasteiger partial charge in [-0.3, -0.25) is 9.78 Å². The van der Waals surface area contributed by atoms with E-state index in [4.69, 9.17) is 0 Å². The Labute approximate surface area is 143 Å². The number of nitrogens with zero attached hydrogens (tertiary/aromatic N) is 2. The summed E-state index contributed by atoms with van der Waals surface area (Å²) in [5.74, 6) is 0.00304. The van der Waals surface area contributed by atoms with Crippen LogP contribution < -0.4 is 5.32 Å². The van der Waals surface area contributed by atoms with Gasteiger partial charge in [-0.2, -0.15) is 0 Å². The molecule has 1 N–H and O–H groups in total. The Kier molecular flexibility index (Phi) is 5.26. The first-order valence-electron chi connectivity index (χ1n) is 8.65. The molecule has 1 aromatic heterocycles. The number of carbonyl (C=O) groups is 1. The highest BCUT2D eigenvalue weighted by Crippen LogP contribution is 2.21. The number of nitrogens with one attached hydrogen (secondary N) is 1. The largest absolute Gasteiger partial charge is 0.352 e. The summed E-state index contributed by atoms with van der Waals surface area (Å²) in [6.45, 7) is 3.87. The molecule has 4 nitrogen and oxygen atoms in total. The van der Waals surface area contributed by atoms with Crippen LogP contribution in [0.25, 0.3) is 11.1 Å². The van der Waals surface area contributed by atoms with Crippen LogP contribution in [0.3, 0.4) is 0 Å². The second-order valence-electron chi connectivity index (χ2n) is 6.59. The summed E-state index contributed by atoms with van der Waals surface area (Å²) in [6.07, 6.45) is 5.33. The molecule has 0 bridgehead atoms. The molecule has 0 spiro atoms. The SMILES string of the molecule is Cc1cc(-c2cccc(C(=O)NCC[C@H]3CCCN3C)c2)ccn1. The van der Waals surface area contributed by atoms with Gasteiger partial charge in [-0.15, -0.1) is 0 Å². The molecule has 3 rings (SSSR count). The molecular formula is C20H25N3O. The molecule has 1 amide bonds. The van der Waals surface area contributed by atoms with Gasteiger partial charge in [0.05, 0.1) is 0 Å². The first kappa shape index (κ1) is 16.7. The van der Waals surface area contributed by atoms with Crippen molar-refractivity contribution in [3.63, 3.8) is 0 Å². The highest BCUT2D eigenvalue weighted by atomic mass is 16.1. The Morgan fingerprint density at radius 1 is 1.29 bits per heavy atom. The topological polar surface area (TPSA) is 45.2 Å². The zero-order valence-electron chi connectivity index (χ0n) is 14.5. The molecule has 1 aliphatic heterocycles. The van der Waals surface area contributed by atoms with Gasteiger partial charge in [0.2, 0.25) is 0 Å². The Morgan fingerprint density at radius 3 is 2.88 bits per heavy atom.